The maximum Gasteiger partial charge on any atom is 0.225 e. The zero-order chi connectivity index (χ0) is 15.0. The topological polar surface area (TPSA) is 58.6 Å². The van der Waals surface area contributed by atoms with Crippen LogP contribution in [0.4, 0.5) is 5.82 Å². The van der Waals surface area contributed by atoms with E-state index in [1.165, 1.54) is 0 Å². The number of rotatable bonds is 2. The largest absolute Gasteiger partial charge is 0.369 e. The molecule has 6 nitrogen and oxygen atoms in total. The van der Waals surface area contributed by atoms with Crippen molar-refractivity contribution < 1.29 is 9.53 Å². The summed E-state index contributed by atoms with van der Waals surface area (Å²) in [6, 6.07) is 0. The minimum atomic E-state index is -0.238. The number of amides is 1. The molecule has 1 saturated carbocycles. The summed E-state index contributed by atoms with van der Waals surface area (Å²) >= 11 is 0. The number of hydrogen-bond donors (Lipinski definition) is 0. The molecule has 0 N–H and O–H groups in total. The maximum absolute atomic E-state index is 12.4. The smallest absolute Gasteiger partial charge is 0.225 e. The van der Waals surface area contributed by atoms with Crippen molar-refractivity contribution in [3.05, 3.63) is 18.6 Å². The van der Waals surface area contributed by atoms with E-state index in [1.807, 2.05) is 4.90 Å². The van der Waals surface area contributed by atoms with Crippen LogP contribution in [-0.4, -0.2) is 59.2 Å². The first kappa shape index (κ1) is 13.9. The molecule has 0 aromatic carbocycles. The van der Waals surface area contributed by atoms with Gasteiger partial charge in [-0.15, -0.1) is 0 Å². The molecule has 1 spiro atoms. The summed E-state index contributed by atoms with van der Waals surface area (Å²) in [5.74, 6) is 1.52. The molecule has 4 rings (SSSR count). The van der Waals surface area contributed by atoms with Gasteiger partial charge in [0.1, 0.15) is 11.4 Å². The van der Waals surface area contributed by atoms with E-state index >= 15 is 0 Å². The van der Waals surface area contributed by atoms with Crippen molar-refractivity contribution in [3.8, 4) is 0 Å². The lowest BCUT2D eigenvalue weighted by molar-refractivity contribution is -0.153. The molecule has 3 fully saturated rings. The second-order valence-electron chi connectivity index (χ2n) is 6.65. The molecule has 6 heteroatoms. The molecule has 0 radical (unpaired) electrons. The molecule has 2 aliphatic heterocycles. The zero-order valence-electron chi connectivity index (χ0n) is 12.8. The van der Waals surface area contributed by atoms with Crippen LogP contribution in [0.5, 0.6) is 0 Å². The summed E-state index contributed by atoms with van der Waals surface area (Å²) < 4.78 is 6.15. The van der Waals surface area contributed by atoms with Gasteiger partial charge in [0.15, 0.2) is 0 Å². The second kappa shape index (κ2) is 5.50. The van der Waals surface area contributed by atoms with E-state index < -0.39 is 0 Å². The minimum Gasteiger partial charge on any atom is -0.369 e. The van der Waals surface area contributed by atoms with Gasteiger partial charge in [-0.2, -0.15) is 0 Å². The van der Waals surface area contributed by atoms with E-state index in [9.17, 15) is 4.79 Å². The van der Waals surface area contributed by atoms with Gasteiger partial charge in [0.05, 0.1) is 25.9 Å². The van der Waals surface area contributed by atoms with E-state index in [-0.39, 0.29) is 11.5 Å². The third-order valence-corrected chi connectivity index (χ3v) is 4.90. The highest BCUT2D eigenvalue weighted by Gasteiger charge is 2.44. The highest BCUT2D eigenvalue weighted by atomic mass is 16.5. The minimum absolute atomic E-state index is 0.238. The Bertz CT molecular complexity index is 544. The molecular weight excluding hydrogens is 280 g/mol. The Hall–Kier alpha value is -1.69. The number of carbonyl (C=O) groups excluding carboxylic acids is 1. The Labute approximate surface area is 130 Å². The highest BCUT2D eigenvalue weighted by Crippen LogP contribution is 2.35. The average molecular weight is 302 g/mol. The Morgan fingerprint density at radius 2 is 2.18 bits per heavy atom. The summed E-state index contributed by atoms with van der Waals surface area (Å²) in [5, 5.41) is 0. The molecule has 1 unspecified atom stereocenters. The van der Waals surface area contributed by atoms with Crippen molar-refractivity contribution in [2.24, 2.45) is 5.92 Å². The maximum atomic E-state index is 12.4. The molecule has 1 aromatic heterocycles. The van der Waals surface area contributed by atoms with E-state index in [1.54, 1.807) is 18.6 Å². The average Bonchev–Trinajstić information content (AvgIpc) is 3.40. The predicted molar refractivity (Wildman–Crippen MR) is 81.5 cm³/mol. The quantitative estimate of drug-likeness (QED) is 0.818. The first-order valence-corrected chi connectivity index (χ1v) is 8.20. The molecule has 1 amide bonds. The van der Waals surface area contributed by atoms with Crippen LogP contribution >= 0.6 is 0 Å². The number of nitrogens with zero attached hydrogens (tertiary/aromatic N) is 4. The first-order chi connectivity index (χ1) is 10.8. The summed E-state index contributed by atoms with van der Waals surface area (Å²) in [6.45, 7) is 3.87. The van der Waals surface area contributed by atoms with Crippen LogP contribution < -0.4 is 4.90 Å². The van der Waals surface area contributed by atoms with Crippen molar-refractivity contribution >= 4 is 11.7 Å². The lowest BCUT2D eigenvalue weighted by Crippen LogP contribution is -2.61. The van der Waals surface area contributed by atoms with Gasteiger partial charge in [-0.25, -0.2) is 4.98 Å². The van der Waals surface area contributed by atoms with Gasteiger partial charge in [-0.1, -0.05) is 0 Å². The number of carbonyl (C=O) groups is 1. The molecule has 2 saturated heterocycles. The number of ether oxygens (including phenoxy) is 1. The molecule has 118 valence electrons. The molecule has 1 aromatic rings. The standard InChI is InChI=1S/C16H22N4O2/c21-15(13-2-3-13)20-8-9-22-16(12-20)4-1-7-19(11-16)14-10-17-5-6-18-14/h5-6,10,13H,1-4,7-9,11-12H2. The third kappa shape index (κ3) is 2.67. The molecular formula is C16H22N4O2. The van der Waals surface area contributed by atoms with E-state index in [0.717, 1.165) is 57.7 Å². The summed E-state index contributed by atoms with van der Waals surface area (Å²) in [7, 11) is 0. The third-order valence-electron chi connectivity index (χ3n) is 4.90. The fourth-order valence-corrected chi connectivity index (χ4v) is 3.62. The van der Waals surface area contributed by atoms with Crippen molar-refractivity contribution in [2.75, 3.05) is 37.7 Å². The van der Waals surface area contributed by atoms with E-state index in [0.29, 0.717) is 12.5 Å². The van der Waals surface area contributed by atoms with Gasteiger partial charge >= 0.3 is 0 Å². The van der Waals surface area contributed by atoms with Gasteiger partial charge < -0.3 is 14.5 Å². The molecule has 3 heterocycles. The summed E-state index contributed by atoms with van der Waals surface area (Å²) in [4.78, 5) is 25.2. The first-order valence-electron chi connectivity index (χ1n) is 8.20. The molecule has 0 bridgehead atoms. The van der Waals surface area contributed by atoms with Crippen LogP contribution in [0.3, 0.4) is 0 Å². The molecule has 3 aliphatic rings. The second-order valence-corrected chi connectivity index (χ2v) is 6.65. The van der Waals surface area contributed by atoms with Gasteiger partial charge in [-0.05, 0) is 25.7 Å². The Balaban J connectivity index is 1.49. The lowest BCUT2D eigenvalue weighted by Gasteiger charge is -2.48. The Morgan fingerprint density at radius 1 is 1.27 bits per heavy atom. The van der Waals surface area contributed by atoms with Crippen LogP contribution in [0.25, 0.3) is 0 Å². The van der Waals surface area contributed by atoms with Crippen LogP contribution in [-0.2, 0) is 9.53 Å². The summed E-state index contributed by atoms with van der Waals surface area (Å²) in [5.41, 5.74) is -0.238. The fraction of sp³-hybridized carbons (Fsp3) is 0.688. The zero-order valence-corrected chi connectivity index (χ0v) is 12.8. The summed E-state index contributed by atoms with van der Waals surface area (Å²) in [6.07, 6.45) is 9.41. The molecule has 1 atom stereocenters. The fourth-order valence-electron chi connectivity index (χ4n) is 3.62. The van der Waals surface area contributed by atoms with Crippen LogP contribution in [0.15, 0.2) is 18.6 Å². The van der Waals surface area contributed by atoms with Crippen molar-refractivity contribution in [3.63, 3.8) is 0 Å². The van der Waals surface area contributed by atoms with E-state index in [4.69, 9.17) is 4.74 Å². The predicted octanol–water partition coefficient (Wildman–Crippen LogP) is 1.08. The van der Waals surface area contributed by atoms with Crippen LogP contribution in [0.2, 0.25) is 0 Å². The van der Waals surface area contributed by atoms with Crippen molar-refractivity contribution in [1.82, 2.24) is 14.9 Å². The SMILES string of the molecule is O=C(C1CC1)N1CCOC2(CCCN(c3cnccn3)C2)C1. The number of hydrogen-bond acceptors (Lipinski definition) is 5. The Kier molecular flexibility index (Phi) is 3.48. The number of morpholine rings is 1. The number of aromatic nitrogens is 2. The Morgan fingerprint density at radius 3 is 2.95 bits per heavy atom. The van der Waals surface area contributed by atoms with Crippen molar-refractivity contribution in [2.45, 2.75) is 31.3 Å². The van der Waals surface area contributed by atoms with Gasteiger partial charge in [-0.3, -0.25) is 9.78 Å². The van der Waals surface area contributed by atoms with Crippen LogP contribution in [0, 0.1) is 5.92 Å². The monoisotopic (exact) mass is 302 g/mol. The van der Waals surface area contributed by atoms with Gasteiger partial charge in [0, 0.05) is 31.4 Å². The molecule has 1 aliphatic carbocycles. The normalized spacial score (nSPS) is 28.9. The highest BCUT2D eigenvalue weighted by molar-refractivity contribution is 5.81. The van der Waals surface area contributed by atoms with Gasteiger partial charge in [0.25, 0.3) is 0 Å². The van der Waals surface area contributed by atoms with E-state index in [2.05, 4.69) is 14.9 Å². The lowest BCUT2D eigenvalue weighted by atomic mass is 9.90. The van der Waals surface area contributed by atoms with Crippen molar-refractivity contribution in [1.29, 1.82) is 0 Å². The number of piperidine rings is 1. The molecule has 22 heavy (non-hydrogen) atoms. The van der Waals surface area contributed by atoms with Crippen LogP contribution in [0.1, 0.15) is 25.7 Å². The van der Waals surface area contributed by atoms with Gasteiger partial charge in [0.2, 0.25) is 5.91 Å². The number of anilines is 1.